The van der Waals surface area contributed by atoms with E-state index in [4.69, 9.17) is 4.74 Å². The molecule has 1 aliphatic rings. The molecule has 1 atom stereocenters. The molecule has 1 aromatic rings. The van der Waals surface area contributed by atoms with Crippen LogP contribution in [0, 0.1) is 0 Å². The van der Waals surface area contributed by atoms with E-state index in [1.165, 1.54) is 30.0 Å². The van der Waals surface area contributed by atoms with Crippen LogP contribution in [-0.4, -0.2) is 18.5 Å². The van der Waals surface area contributed by atoms with E-state index in [1.807, 2.05) is 6.92 Å². The second-order valence-corrected chi connectivity index (χ2v) is 5.63. The van der Waals surface area contributed by atoms with E-state index in [2.05, 4.69) is 23.5 Å². The van der Waals surface area contributed by atoms with Crippen LogP contribution < -0.4 is 5.32 Å². The Kier molecular flexibility index (Phi) is 5.75. The monoisotopic (exact) mass is 301 g/mol. The molecule has 1 aromatic carbocycles. The number of nitrogens with one attached hydrogen (secondary N) is 1. The fourth-order valence-corrected chi connectivity index (χ4v) is 2.71. The first kappa shape index (κ1) is 16.3. The number of benzene rings is 1. The molecule has 4 heteroatoms. The first-order valence-electron chi connectivity index (χ1n) is 7.80. The summed E-state index contributed by atoms with van der Waals surface area (Å²) in [5.74, 6) is -0.790. The average Bonchev–Trinajstić information content (AvgIpc) is 2.52. The minimum Gasteiger partial charge on any atom is -0.452 e. The van der Waals surface area contributed by atoms with Gasteiger partial charge in [-0.3, -0.25) is 4.79 Å². The number of fused-ring (bicyclic) bond motifs is 1. The number of ether oxygens (including phenoxy) is 1. The molecule has 0 radical (unpaired) electrons. The van der Waals surface area contributed by atoms with Crippen molar-refractivity contribution in [1.82, 2.24) is 5.32 Å². The predicted octanol–water partition coefficient (Wildman–Crippen LogP) is 2.86. The van der Waals surface area contributed by atoms with Crippen molar-refractivity contribution in [3.8, 4) is 0 Å². The van der Waals surface area contributed by atoms with Crippen LogP contribution in [0.2, 0.25) is 0 Å². The molecule has 0 saturated carbocycles. The van der Waals surface area contributed by atoms with Crippen LogP contribution in [0.1, 0.15) is 49.4 Å². The Balaban J connectivity index is 1.90. The molecule has 0 bridgehead atoms. The highest BCUT2D eigenvalue weighted by Crippen LogP contribution is 2.24. The summed E-state index contributed by atoms with van der Waals surface area (Å²) in [6.07, 6.45) is 7.63. The third-order valence-corrected chi connectivity index (χ3v) is 3.90. The molecular formula is C18H23NO3. The molecule has 0 spiro atoms. The molecule has 1 amide bonds. The number of hydrogen-bond donors (Lipinski definition) is 1. The van der Waals surface area contributed by atoms with Crippen LogP contribution in [-0.2, 0) is 27.2 Å². The van der Waals surface area contributed by atoms with Crippen LogP contribution in [0.3, 0.4) is 0 Å². The van der Waals surface area contributed by atoms with Gasteiger partial charge < -0.3 is 10.1 Å². The number of carbonyl (C=O) groups is 2. The van der Waals surface area contributed by atoms with Gasteiger partial charge in [-0.15, -0.1) is 0 Å². The fourth-order valence-electron chi connectivity index (χ4n) is 2.71. The molecule has 0 aliphatic heterocycles. The number of esters is 1. The Morgan fingerprint density at radius 1 is 1.27 bits per heavy atom. The van der Waals surface area contributed by atoms with Crippen molar-refractivity contribution < 1.29 is 14.3 Å². The van der Waals surface area contributed by atoms with Gasteiger partial charge in [0.05, 0.1) is 6.04 Å². The Labute approximate surface area is 131 Å². The molecule has 1 unspecified atom stereocenters. The smallest absolute Gasteiger partial charge is 0.330 e. The standard InChI is InChI=1S/C18H23NO3/c1-3-6-18(21)22-12-17(20)19-13(2)15-10-9-14-7-4-5-8-16(14)11-15/h3,6,9-11,13H,4-5,7-8,12H2,1-2H3,(H,19,20)/b6-3+. The maximum atomic E-state index is 11.8. The topological polar surface area (TPSA) is 55.4 Å². The van der Waals surface area contributed by atoms with E-state index < -0.39 is 5.97 Å². The zero-order valence-corrected chi connectivity index (χ0v) is 13.2. The van der Waals surface area contributed by atoms with Gasteiger partial charge in [0.1, 0.15) is 0 Å². The molecule has 0 aromatic heterocycles. The fraction of sp³-hybridized carbons (Fsp3) is 0.444. The molecule has 1 aliphatic carbocycles. The van der Waals surface area contributed by atoms with Gasteiger partial charge in [0, 0.05) is 6.08 Å². The minimum absolute atomic E-state index is 0.0971. The second-order valence-electron chi connectivity index (χ2n) is 5.63. The van der Waals surface area contributed by atoms with Crippen LogP contribution in [0.4, 0.5) is 0 Å². The zero-order chi connectivity index (χ0) is 15.9. The lowest BCUT2D eigenvalue weighted by molar-refractivity contribution is -0.144. The first-order chi connectivity index (χ1) is 10.6. The maximum Gasteiger partial charge on any atom is 0.330 e. The highest BCUT2D eigenvalue weighted by Gasteiger charge is 2.14. The number of amides is 1. The third kappa shape index (κ3) is 4.45. The van der Waals surface area contributed by atoms with E-state index in [-0.39, 0.29) is 18.6 Å². The molecule has 22 heavy (non-hydrogen) atoms. The number of carbonyl (C=O) groups excluding carboxylic acids is 2. The molecule has 1 N–H and O–H groups in total. The van der Waals surface area contributed by atoms with Crippen molar-refractivity contribution in [2.45, 2.75) is 45.6 Å². The van der Waals surface area contributed by atoms with Crippen LogP contribution in [0.25, 0.3) is 0 Å². The van der Waals surface area contributed by atoms with Crippen LogP contribution >= 0.6 is 0 Å². The van der Waals surface area contributed by atoms with E-state index >= 15 is 0 Å². The Morgan fingerprint density at radius 2 is 2.00 bits per heavy atom. The molecule has 0 heterocycles. The van der Waals surface area contributed by atoms with Gasteiger partial charge >= 0.3 is 5.97 Å². The number of rotatable bonds is 5. The average molecular weight is 301 g/mol. The van der Waals surface area contributed by atoms with Crippen molar-refractivity contribution >= 4 is 11.9 Å². The molecule has 4 nitrogen and oxygen atoms in total. The lowest BCUT2D eigenvalue weighted by Crippen LogP contribution is -2.31. The summed E-state index contributed by atoms with van der Waals surface area (Å²) >= 11 is 0. The summed E-state index contributed by atoms with van der Waals surface area (Å²) in [5, 5.41) is 2.86. The van der Waals surface area contributed by atoms with Gasteiger partial charge in [0.25, 0.3) is 5.91 Å². The maximum absolute atomic E-state index is 11.8. The van der Waals surface area contributed by atoms with Crippen molar-refractivity contribution in [3.05, 3.63) is 47.0 Å². The summed E-state index contributed by atoms with van der Waals surface area (Å²) in [6, 6.07) is 6.32. The number of hydrogen-bond acceptors (Lipinski definition) is 3. The summed E-state index contributed by atoms with van der Waals surface area (Å²) in [4.78, 5) is 23.0. The third-order valence-electron chi connectivity index (χ3n) is 3.90. The normalized spacial score (nSPS) is 15.2. The Bertz CT molecular complexity index is 578. The van der Waals surface area contributed by atoms with Crippen molar-refractivity contribution in [2.75, 3.05) is 6.61 Å². The summed E-state index contributed by atoms with van der Waals surface area (Å²) in [6.45, 7) is 3.41. The SMILES string of the molecule is C/C=C/C(=O)OCC(=O)NC(C)c1ccc2c(c1)CCCC2. The summed E-state index contributed by atoms with van der Waals surface area (Å²) in [7, 11) is 0. The Morgan fingerprint density at radius 3 is 2.73 bits per heavy atom. The lowest BCUT2D eigenvalue weighted by atomic mass is 9.89. The number of allylic oxidation sites excluding steroid dienone is 1. The van der Waals surface area contributed by atoms with Crippen molar-refractivity contribution in [3.63, 3.8) is 0 Å². The molecule has 0 fully saturated rings. The molecular weight excluding hydrogens is 278 g/mol. The van der Waals surface area contributed by atoms with Crippen molar-refractivity contribution in [2.24, 2.45) is 0 Å². The van der Waals surface area contributed by atoms with Crippen LogP contribution in [0.15, 0.2) is 30.4 Å². The van der Waals surface area contributed by atoms with E-state index in [0.29, 0.717) is 0 Å². The van der Waals surface area contributed by atoms with Gasteiger partial charge in [0.15, 0.2) is 6.61 Å². The summed E-state index contributed by atoms with van der Waals surface area (Å²) in [5.41, 5.74) is 3.91. The van der Waals surface area contributed by atoms with Gasteiger partial charge in [-0.05, 0) is 56.2 Å². The quantitative estimate of drug-likeness (QED) is 0.672. The van der Waals surface area contributed by atoms with Crippen molar-refractivity contribution in [1.29, 1.82) is 0 Å². The highest BCUT2D eigenvalue weighted by molar-refractivity contribution is 5.85. The number of aryl methyl sites for hydroxylation is 2. The van der Waals surface area contributed by atoms with E-state index in [1.54, 1.807) is 13.0 Å². The van der Waals surface area contributed by atoms with Gasteiger partial charge in [-0.25, -0.2) is 4.79 Å². The molecule has 2 rings (SSSR count). The first-order valence-corrected chi connectivity index (χ1v) is 7.80. The van der Waals surface area contributed by atoms with Crippen LogP contribution in [0.5, 0.6) is 0 Å². The van der Waals surface area contributed by atoms with E-state index in [0.717, 1.165) is 18.4 Å². The van der Waals surface area contributed by atoms with E-state index in [9.17, 15) is 9.59 Å². The minimum atomic E-state index is -0.501. The largest absolute Gasteiger partial charge is 0.452 e. The van der Waals surface area contributed by atoms with Gasteiger partial charge in [0.2, 0.25) is 0 Å². The van der Waals surface area contributed by atoms with Gasteiger partial charge in [-0.2, -0.15) is 0 Å². The predicted molar refractivity (Wildman–Crippen MR) is 85.4 cm³/mol. The summed E-state index contributed by atoms with van der Waals surface area (Å²) < 4.78 is 4.83. The highest BCUT2D eigenvalue weighted by atomic mass is 16.5. The Hall–Kier alpha value is -2.10. The zero-order valence-electron chi connectivity index (χ0n) is 13.2. The molecule has 118 valence electrons. The molecule has 0 saturated heterocycles. The second kappa shape index (κ2) is 7.78. The van der Waals surface area contributed by atoms with Gasteiger partial charge in [-0.1, -0.05) is 24.3 Å². The lowest BCUT2D eigenvalue weighted by Gasteiger charge is -2.20.